The van der Waals surface area contributed by atoms with E-state index in [9.17, 15) is 9.59 Å². The molecule has 2 heterocycles. The van der Waals surface area contributed by atoms with Gasteiger partial charge in [-0.15, -0.1) is 0 Å². The molecule has 0 atom stereocenters. The van der Waals surface area contributed by atoms with Gasteiger partial charge in [-0.2, -0.15) is 5.10 Å². The highest BCUT2D eigenvalue weighted by atomic mass is 16.2. The van der Waals surface area contributed by atoms with E-state index < -0.39 is 5.56 Å². The fraction of sp³-hybridized carbons (Fsp3) is 0.158. The topological polar surface area (TPSA) is 87.7 Å². The molecule has 25 heavy (non-hydrogen) atoms. The number of carbonyl (C=O) groups excluding carboxylic acids is 1. The first kappa shape index (κ1) is 15.3. The number of carbonyl (C=O) groups is 1. The van der Waals surface area contributed by atoms with Crippen molar-refractivity contribution in [1.29, 1.82) is 0 Å². The average molecular weight is 332 g/mol. The predicted octanol–water partition coefficient (Wildman–Crippen LogP) is 1.73. The second-order valence-corrected chi connectivity index (χ2v) is 6.08. The van der Waals surface area contributed by atoms with Gasteiger partial charge in [0.15, 0.2) is 0 Å². The zero-order valence-corrected chi connectivity index (χ0v) is 13.4. The Kier molecular flexibility index (Phi) is 3.85. The van der Waals surface area contributed by atoms with Gasteiger partial charge >= 0.3 is 0 Å². The van der Waals surface area contributed by atoms with Crippen LogP contribution >= 0.6 is 0 Å². The van der Waals surface area contributed by atoms with Crippen molar-refractivity contribution in [3.05, 3.63) is 81.9 Å². The van der Waals surface area contributed by atoms with Crippen LogP contribution in [0.3, 0.4) is 0 Å². The number of H-pyrrole nitrogens is 1. The molecule has 124 valence electrons. The largest absolute Gasteiger partial charge is 0.348 e. The summed E-state index contributed by atoms with van der Waals surface area (Å²) in [6, 6.07) is 13.2. The van der Waals surface area contributed by atoms with E-state index in [2.05, 4.69) is 32.6 Å². The molecule has 1 aliphatic rings. The maximum Gasteiger partial charge on any atom is 0.277 e. The van der Waals surface area contributed by atoms with Crippen LogP contribution in [-0.4, -0.2) is 27.1 Å². The molecule has 4 rings (SSSR count). The van der Waals surface area contributed by atoms with Gasteiger partial charge in [0.2, 0.25) is 0 Å². The van der Waals surface area contributed by atoms with E-state index in [1.54, 1.807) is 24.5 Å². The number of pyridine rings is 1. The van der Waals surface area contributed by atoms with Crippen LogP contribution in [0.15, 0.2) is 59.7 Å². The van der Waals surface area contributed by atoms with Crippen LogP contribution in [0.4, 0.5) is 0 Å². The lowest BCUT2D eigenvalue weighted by molar-refractivity contribution is 0.0937. The molecule has 1 amide bonds. The van der Waals surface area contributed by atoms with Crippen LogP contribution in [0.5, 0.6) is 0 Å². The Balaban J connectivity index is 1.56. The van der Waals surface area contributed by atoms with Crippen molar-refractivity contribution in [2.75, 3.05) is 0 Å². The highest BCUT2D eigenvalue weighted by Gasteiger charge is 2.24. The summed E-state index contributed by atoms with van der Waals surface area (Å²) in [5.41, 5.74) is 3.38. The predicted molar refractivity (Wildman–Crippen MR) is 93.2 cm³/mol. The Hall–Kier alpha value is -3.28. The van der Waals surface area contributed by atoms with Gasteiger partial charge in [-0.05, 0) is 42.2 Å². The van der Waals surface area contributed by atoms with E-state index in [-0.39, 0.29) is 17.5 Å². The lowest BCUT2D eigenvalue weighted by Crippen LogP contribution is -2.38. The third-order valence-corrected chi connectivity index (χ3v) is 4.41. The minimum absolute atomic E-state index is 0.00170. The molecule has 0 bridgehead atoms. The molecular formula is C19H16N4O2. The van der Waals surface area contributed by atoms with Crippen molar-refractivity contribution in [3.63, 3.8) is 0 Å². The number of hydrogen-bond donors (Lipinski definition) is 2. The fourth-order valence-electron chi connectivity index (χ4n) is 3.17. The summed E-state index contributed by atoms with van der Waals surface area (Å²) in [6.07, 6.45) is 4.83. The molecule has 0 saturated carbocycles. The van der Waals surface area contributed by atoms with Gasteiger partial charge in [0.1, 0.15) is 5.56 Å². The molecule has 1 aliphatic carbocycles. The summed E-state index contributed by atoms with van der Waals surface area (Å²) in [4.78, 5) is 28.6. The van der Waals surface area contributed by atoms with E-state index in [0.29, 0.717) is 5.69 Å². The number of nitrogens with zero attached hydrogens (tertiary/aromatic N) is 2. The van der Waals surface area contributed by atoms with Gasteiger partial charge in [0.25, 0.3) is 11.5 Å². The summed E-state index contributed by atoms with van der Waals surface area (Å²) in [5, 5.41) is 9.38. The van der Waals surface area contributed by atoms with Crippen LogP contribution in [0, 0.1) is 0 Å². The molecule has 2 aromatic heterocycles. The molecule has 0 radical (unpaired) electrons. The fourth-order valence-corrected chi connectivity index (χ4v) is 3.17. The Morgan fingerprint density at radius 1 is 1.08 bits per heavy atom. The Morgan fingerprint density at radius 3 is 2.44 bits per heavy atom. The van der Waals surface area contributed by atoms with Gasteiger partial charge in [0.05, 0.1) is 5.69 Å². The number of rotatable bonds is 3. The van der Waals surface area contributed by atoms with Crippen LogP contribution < -0.4 is 10.9 Å². The minimum Gasteiger partial charge on any atom is -0.348 e. The lowest BCUT2D eigenvalue weighted by atomic mass is 10.1. The SMILES string of the molecule is O=C(NC1Cc2ccccc2C1)c1cc(-c2ccncc2)n[nH]c1=O. The number of aromatic nitrogens is 3. The van der Waals surface area contributed by atoms with E-state index in [0.717, 1.165) is 18.4 Å². The van der Waals surface area contributed by atoms with Crippen molar-refractivity contribution in [3.8, 4) is 11.3 Å². The minimum atomic E-state index is -0.495. The molecule has 2 N–H and O–H groups in total. The summed E-state index contributed by atoms with van der Waals surface area (Å²) in [6.45, 7) is 0. The molecule has 0 unspecified atom stereocenters. The standard InChI is InChI=1S/C19H16N4O2/c24-18(21-15-9-13-3-1-2-4-14(13)10-15)16-11-17(22-23-19(16)25)12-5-7-20-8-6-12/h1-8,11,15H,9-10H2,(H,21,24)(H,23,25). The number of aromatic amines is 1. The summed E-state index contributed by atoms with van der Waals surface area (Å²) >= 11 is 0. The average Bonchev–Trinajstić information content (AvgIpc) is 3.05. The number of hydrogen-bond acceptors (Lipinski definition) is 4. The van der Waals surface area contributed by atoms with Crippen molar-refractivity contribution in [1.82, 2.24) is 20.5 Å². The molecule has 0 spiro atoms. The van der Waals surface area contributed by atoms with E-state index in [1.165, 1.54) is 17.2 Å². The Morgan fingerprint density at radius 2 is 1.76 bits per heavy atom. The Labute approximate surface area is 143 Å². The van der Waals surface area contributed by atoms with Gasteiger partial charge in [-0.25, -0.2) is 5.10 Å². The quantitative estimate of drug-likeness (QED) is 0.764. The molecule has 1 aromatic carbocycles. The molecule has 6 heteroatoms. The van der Waals surface area contributed by atoms with Gasteiger partial charge in [-0.3, -0.25) is 14.6 Å². The monoisotopic (exact) mass is 332 g/mol. The zero-order chi connectivity index (χ0) is 17.2. The van der Waals surface area contributed by atoms with E-state index in [4.69, 9.17) is 0 Å². The Bertz CT molecular complexity index is 957. The van der Waals surface area contributed by atoms with E-state index >= 15 is 0 Å². The van der Waals surface area contributed by atoms with E-state index in [1.807, 2.05) is 12.1 Å². The number of fused-ring (bicyclic) bond motifs is 1. The molecular weight excluding hydrogens is 316 g/mol. The lowest BCUT2D eigenvalue weighted by Gasteiger charge is -2.12. The van der Waals surface area contributed by atoms with Crippen LogP contribution in [0.2, 0.25) is 0 Å². The van der Waals surface area contributed by atoms with Gasteiger partial charge < -0.3 is 5.32 Å². The number of benzene rings is 1. The first-order valence-electron chi connectivity index (χ1n) is 8.08. The third-order valence-electron chi connectivity index (χ3n) is 4.41. The third kappa shape index (κ3) is 3.06. The molecule has 6 nitrogen and oxygen atoms in total. The van der Waals surface area contributed by atoms with Crippen LogP contribution in [0.25, 0.3) is 11.3 Å². The summed E-state index contributed by atoms with van der Waals surface area (Å²) in [5.74, 6) is -0.378. The highest BCUT2D eigenvalue weighted by Crippen LogP contribution is 2.22. The smallest absolute Gasteiger partial charge is 0.277 e. The summed E-state index contributed by atoms with van der Waals surface area (Å²) < 4.78 is 0. The summed E-state index contributed by atoms with van der Waals surface area (Å²) in [7, 11) is 0. The van der Waals surface area contributed by atoms with Crippen molar-refractivity contribution in [2.24, 2.45) is 0 Å². The van der Waals surface area contributed by atoms with Gasteiger partial charge in [0, 0.05) is 24.0 Å². The maximum absolute atomic E-state index is 12.6. The van der Waals surface area contributed by atoms with Crippen molar-refractivity contribution >= 4 is 5.91 Å². The van der Waals surface area contributed by atoms with Crippen LogP contribution in [0.1, 0.15) is 21.5 Å². The van der Waals surface area contributed by atoms with Gasteiger partial charge in [-0.1, -0.05) is 24.3 Å². The number of nitrogens with one attached hydrogen (secondary N) is 2. The molecule has 3 aromatic rings. The molecule has 0 saturated heterocycles. The first-order valence-corrected chi connectivity index (χ1v) is 8.08. The molecule has 0 fully saturated rings. The second-order valence-electron chi connectivity index (χ2n) is 6.08. The number of amides is 1. The molecule has 0 aliphatic heterocycles. The zero-order valence-electron chi connectivity index (χ0n) is 13.4. The van der Waals surface area contributed by atoms with Crippen molar-refractivity contribution < 1.29 is 4.79 Å². The van der Waals surface area contributed by atoms with Crippen molar-refractivity contribution in [2.45, 2.75) is 18.9 Å². The second kappa shape index (κ2) is 6.32. The normalized spacial score (nSPS) is 13.4. The van der Waals surface area contributed by atoms with Crippen LogP contribution in [-0.2, 0) is 12.8 Å². The maximum atomic E-state index is 12.6. The first-order chi connectivity index (χ1) is 12.2. The highest BCUT2D eigenvalue weighted by molar-refractivity contribution is 5.95.